The van der Waals surface area contributed by atoms with E-state index in [-0.39, 0.29) is 6.04 Å². The van der Waals surface area contributed by atoms with E-state index >= 15 is 0 Å². The van der Waals surface area contributed by atoms with E-state index in [1.807, 2.05) is 11.9 Å². The summed E-state index contributed by atoms with van der Waals surface area (Å²) in [6, 6.07) is 3.57. The Kier molecular flexibility index (Phi) is 4.64. The molecule has 1 N–H and O–H groups in total. The van der Waals surface area contributed by atoms with Crippen LogP contribution in [0.15, 0.2) is 22.7 Å². The van der Waals surface area contributed by atoms with Gasteiger partial charge in [-0.15, -0.1) is 0 Å². The number of hydrogen-bond donors (Lipinski definition) is 1. The fourth-order valence-electron chi connectivity index (χ4n) is 2.69. The Morgan fingerprint density at radius 1 is 1.25 bits per heavy atom. The van der Waals surface area contributed by atoms with Crippen LogP contribution in [0.1, 0.15) is 31.2 Å². The molecule has 0 heterocycles. The summed E-state index contributed by atoms with van der Waals surface area (Å²) in [6.07, 6.45) is -1.14. The lowest BCUT2D eigenvalue weighted by atomic mass is 9.91. The lowest BCUT2D eigenvalue weighted by Gasteiger charge is -2.37. The first-order valence-electron chi connectivity index (χ1n) is 6.58. The minimum Gasteiger partial charge on any atom is -0.391 e. The molecule has 112 valence electrons. The Bertz CT molecular complexity index is 478. The quantitative estimate of drug-likeness (QED) is 0.862. The van der Waals surface area contributed by atoms with E-state index in [2.05, 4.69) is 15.9 Å². The van der Waals surface area contributed by atoms with Gasteiger partial charge in [0.2, 0.25) is 0 Å². The molecule has 0 radical (unpaired) electrons. The Morgan fingerprint density at radius 2 is 1.90 bits per heavy atom. The molecule has 1 aromatic carbocycles. The molecule has 0 aromatic heterocycles. The normalized spacial score (nSPS) is 23.7. The molecule has 2 rings (SSSR count). The van der Waals surface area contributed by atoms with Gasteiger partial charge in [-0.2, -0.15) is 13.2 Å². The zero-order chi connectivity index (χ0) is 14.9. The van der Waals surface area contributed by atoms with Crippen molar-refractivity contribution in [2.24, 2.45) is 0 Å². The second-order valence-corrected chi connectivity index (χ2v) is 6.05. The van der Waals surface area contributed by atoms with Gasteiger partial charge < -0.3 is 10.0 Å². The number of rotatable bonds is 2. The summed E-state index contributed by atoms with van der Waals surface area (Å²) in [7, 11) is 1.81. The lowest BCUT2D eigenvalue weighted by Crippen LogP contribution is -2.43. The number of benzene rings is 1. The van der Waals surface area contributed by atoms with E-state index in [9.17, 15) is 18.3 Å². The third kappa shape index (κ3) is 3.28. The van der Waals surface area contributed by atoms with Crippen LogP contribution < -0.4 is 4.90 Å². The van der Waals surface area contributed by atoms with Crippen LogP contribution in [0.5, 0.6) is 0 Å². The molecule has 1 saturated carbocycles. The molecule has 20 heavy (non-hydrogen) atoms. The summed E-state index contributed by atoms with van der Waals surface area (Å²) in [4.78, 5) is 1.87. The van der Waals surface area contributed by atoms with Crippen LogP contribution >= 0.6 is 15.9 Å². The summed E-state index contributed by atoms with van der Waals surface area (Å²) in [5.74, 6) is 0. The zero-order valence-corrected chi connectivity index (χ0v) is 12.7. The van der Waals surface area contributed by atoms with Crippen molar-refractivity contribution < 1.29 is 18.3 Å². The number of hydrogen-bond acceptors (Lipinski definition) is 2. The standard InChI is InChI=1S/C14H17BrF3NO/c1-19(12-4-2-3-5-13(12)20)11-7-6-9(8-10(11)15)14(16,17)18/h6-8,12-13,20H,2-5H2,1H3. The molecule has 2 nitrogen and oxygen atoms in total. The number of likely N-dealkylation sites (N-methyl/N-ethyl adjacent to an activating group) is 1. The van der Waals surface area contributed by atoms with Crippen molar-refractivity contribution >= 4 is 21.6 Å². The topological polar surface area (TPSA) is 23.5 Å². The number of halogens is 4. The maximum absolute atomic E-state index is 12.6. The zero-order valence-electron chi connectivity index (χ0n) is 11.1. The molecule has 6 heteroatoms. The molecule has 1 fully saturated rings. The maximum atomic E-state index is 12.6. The molecular weight excluding hydrogens is 335 g/mol. The Morgan fingerprint density at radius 3 is 2.45 bits per heavy atom. The molecule has 0 amide bonds. The average molecular weight is 352 g/mol. The highest BCUT2D eigenvalue weighted by atomic mass is 79.9. The van der Waals surface area contributed by atoms with E-state index in [1.165, 1.54) is 6.07 Å². The van der Waals surface area contributed by atoms with Crippen LogP contribution in [0, 0.1) is 0 Å². The summed E-state index contributed by atoms with van der Waals surface area (Å²) in [6.45, 7) is 0. The van der Waals surface area contributed by atoms with Crippen LogP contribution in [0.2, 0.25) is 0 Å². The summed E-state index contributed by atoms with van der Waals surface area (Å²) < 4.78 is 38.3. The fraction of sp³-hybridized carbons (Fsp3) is 0.571. The molecule has 1 aliphatic carbocycles. The number of nitrogens with zero attached hydrogens (tertiary/aromatic N) is 1. The summed E-state index contributed by atoms with van der Waals surface area (Å²) in [5, 5.41) is 10.0. The third-order valence-corrected chi connectivity index (χ3v) is 4.48. The molecular formula is C14H17BrF3NO. The maximum Gasteiger partial charge on any atom is 0.416 e. The number of alkyl halides is 3. The molecule has 0 bridgehead atoms. The largest absolute Gasteiger partial charge is 0.416 e. The van der Waals surface area contributed by atoms with Gasteiger partial charge in [-0.3, -0.25) is 0 Å². The van der Waals surface area contributed by atoms with Crippen molar-refractivity contribution in [3.05, 3.63) is 28.2 Å². The van der Waals surface area contributed by atoms with Crippen molar-refractivity contribution in [3.63, 3.8) is 0 Å². The van der Waals surface area contributed by atoms with Crippen molar-refractivity contribution in [3.8, 4) is 0 Å². The minimum absolute atomic E-state index is 0.0446. The van der Waals surface area contributed by atoms with E-state index < -0.39 is 17.8 Å². The van der Waals surface area contributed by atoms with Gasteiger partial charge in [0.15, 0.2) is 0 Å². The Hall–Kier alpha value is -0.750. The monoisotopic (exact) mass is 351 g/mol. The van der Waals surface area contributed by atoms with Crippen LogP contribution in [0.25, 0.3) is 0 Å². The molecule has 2 unspecified atom stereocenters. The number of aliphatic hydroxyl groups excluding tert-OH is 1. The van der Waals surface area contributed by atoms with Crippen molar-refractivity contribution in [1.29, 1.82) is 0 Å². The van der Waals surface area contributed by atoms with Gasteiger partial charge >= 0.3 is 6.18 Å². The van der Waals surface area contributed by atoms with Crippen LogP contribution in [-0.4, -0.2) is 24.3 Å². The smallest absolute Gasteiger partial charge is 0.391 e. The number of aliphatic hydroxyl groups is 1. The molecule has 2 atom stereocenters. The highest BCUT2D eigenvalue weighted by Crippen LogP contribution is 2.36. The van der Waals surface area contributed by atoms with Crippen LogP contribution in [-0.2, 0) is 6.18 Å². The van der Waals surface area contributed by atoms with Gasteiger partial charge in [0.25, 0.3) is 0 Å². The molecule has 0 aliphatic heterocycles. The number of anilines is 1. The van der Waals surface area contributed by atoms with Gasteiger partial charge in [0, 0.05) is 11.5 Å². The summed E-state index contributed by atoms with van der Waals surface area (Å²) in [5.41, 5.74) is -0.00494. The van der Waals surface area contributed by atoms with Gasteiger partial charge in [-0.25, -0.2) is 0 Å². The van der Waals surface area contributed by atoms with E-state index in [1.54, 1.807) is 0 Å². The lowest BCUT2D eigenvalue weighted by molar-refractivity contribution is -0.137. The van der Waals surface area contributed by atoms with Gasteiger partial charge in [-0.1, -0.05) is 12.8 Å². The van der Waals surface area contributed by atoms with Gasteiger partial charge in [-0.05, 0) is 47.0 Å². The van der Waals surface area contributed by atoms with Crippen molar-refractivity contribution in [1.82, 2.24) is 0 Å². The predicted octanol–water partition coefficient (Wildman–Crippen LogP) is 4.21. The third-order valence-electron chi connectivity index (χ3n) is 3.85. The van der Waals surface area contributed by atoms with Gasteiger partial charge in [0.05, 0.1) is 23.4 Å². The SMILES string of the molecule is CN(c1ccc(C(F)(F)F)cc1Br)C1CCCCC1O. The van der Waals surface area contributed by atoms with Crippen LogP contribution in [0.4, 0.5) is 18.9 Å². The average Bonchev–Trinajstić information content (AvgIpc) is 2.37. The van der Waals surface area contributed by atoms with Crippen LogP contribution in [0.3, 0.4) is 0 Å². The first kappa shape index (κ1) is 15.6. The molecule has 1 aromatic rings. The summed E-state index contributed by atoms with van der Waals surface area (Å²) >= 11 is 3.20. The second-order valence-electron chi connectivity index (χ2n) is 5.19. The van der Waals surface area contributed by atoms with Crippen molar-refractivity contribution in [2.45, 2.75) is 44.0 Å². The molecule has 0 saturated heterocycles. The highest BCUT2D eigenvalue weighted by Gasteiger charge is 2.32. The predicted molar refractivity (Wildman–Crippen MR) is 75.8 cm³/mol. The molecule has 0 spiro atoms. The highest BCUT2D eigenvalue weighted by molar-refractivity contribution is 9.10. The molecule has 1 aliphatic rings. The van der Waals surface area contributed by atoms with E-state index in [0.29, 0.717) is 10.2 Å². The second kappa shape index (κ2) is 5.93. The van der Waals surface area contributed by atoms with Crippen molar-refractivity contribution in [2.75, 3.05) is 11.9 Å². The van der Waals surface area contributed by atoms with Gasteiger partial charge in [0.1, 0.15) is 0 Å². The minimum atomic E-state index is -4.34. The first-order chi connectivity index (χ1) is 9.30. The Labute approximate surface area is 124 Å². The Balaban J connectivity index is 2.24. The van der Waals surface area contributed by atoms with E-state index in [4.69, 9.17) is 0 Å². The van der Waals surface area contributed by atoms with E-state index in [0.717, 1.165) is 37.8 Å². The fourth-order valence-corrected chi connectivity index (χ4v) is 3.35. The first-order valence-corrected chi connectivity index (χ1v) is 7.37.